The quantitative estimate of drug-likeness (QED) is 0.876. The molecule has 1 aliphatic carbocycles. The third kappa shape index (κ3) is 3.93. The highest BCUT2D eigenvalue weighted by Crippen LogP contribution is 2.48. The summed E-state index contributed by atoms with van der Waals surface area (Å²) in [5, 5.41) is 3.11. The molecule has 0 spiro atoms. The van der Waals surface area contributed by atoms with E-state index >= 15 is 0 Å². The van der Waals surface area contributed by atoms with Crippen molar-refractivity contribution in [3.05, 3.63) is 71.3 Å². The van der Waals surface area contributed by atoms with Crippen LogP contribution >= 0.6 is 0 Å². The normalized spacial score (nSPS) is 21.8. The van der Waals surface area contributed by atoms with Gasteiger partial charge in [-0.1, -0.05) is 54.6 Å². The lowest BCUT2D eigenvalue weighted by atomic mass is 10.0. The maximum absolute atomic E-state index is 12.7. The Bertz CT molecular complexity index is 744. The average molecular weight is 341 g/mol. The van der Waals surface area contributed by atoms with Crippen LogP contribution in [0.25, 0.3) is 0 Å². The summed E-state index contributed by atoms with van der Waals surface area (Å²) < 4.78 is 11.7. The number of amides is 1. The molecule has 3 rings (SSSR count). The van der Waals surface area contributed by atoms with Crippen LogP contribution in [-0.2, 0) is 15.6 Å². The molecule has 1 fully saturated rings. The van der Waals surface area contributed by atoms with Crippen molar-refractivity contribution in [2.24, 2.45) is 5.92 Å². The van der Waals surface area contributed by atoms with Gasteiger partial charge in [-0.25, -0.2) is 0 Å². The van der Waals surface area contributed by atoms with Crippen LogP contribution in [0, 0.1) is 12.8 Å². The van der Waals surface area contributed by atoms with Gasteiger partial charge in [-0.3, -0.25) is 9.00 Å². The average Bonchev–Trinajstić information content (AvgIpc) is 3.35. The van der Waals surface area contributed by atoms with Gasteiger partial charge in [0.1, 0.15) is 0 Å². The predicted molar refractivity (Wildman–Crippen MR) is 98.3 cm³/mol. The van der Waals surface area contributed by atoms with Gasteiger partial charge in [-0.05, 0) is 36.0 Å². The van der Waals surface area contributed by atoms with Gasteiger partial charge in [-0.2, -0.15) is 0 Å². The number of nitrogens with one attached hydrogen (secondary N) is 1. The largest absolute Gasteiger partial charge is 0.348 e. The molecule has 0 radical (unpaired) electrons. The Hall–Kier alpha value is -1.94. The minimum atomic E-state index is -0.968. The molecule has 1 aliphatic rings. The molecular weight excluding hydrogens is 318 g/mol. The van der Waals surface area contributed by atoms with Crippen molar-refractivity contribution < 1.29 is 9.00 Å². The molecule has 0 bridgehead atoms. The molecule has 1 amide bonds. The van der Waals surface area contributed by atoms with E-state index in [2.05, 4.69) is 24.4 Å². The van der Waals surface area contributed by atoms with Crippen LogP contribution in [0.5, 0.6) is 0 Å². The van der Waals surface area contributed by atoms with Gasteiger partial charge in [0.05, 0.1) is 6.04 Å². The zero-order valence-corrected chi connectivity index (χ0v) is 14.9. The van der Waals surface area contributed by atoms with Crippen molar-refractivity contribution in [1.29, 1.82) is 0 Å². The minimum Gasteiger partial charge on any atom is -0.348 e. The van der Waals surface area contributed by atoms with Gasteiger partial charge in [0.2, 0.25) is 5.91 Å². The highest BCUT2D eigenvalue weighted by Gasteiger charge is 2.44. The second-order valence-corrected chi connectivity index (χ2v) is 8.00. The molecule has 4 heteroatoms. The molecule has 0 saturated heterocycles. The van der Waals surface area contributed by atoms with E-state index in [0.717, 1.165) is 12.0 Å². The summed E-state index contributed by atoms with van der Waals surface area (Å²) in [6.45, 7) is 2.09. The third-order valence-corrected chi connectivity index (χ3v) is 5.44. The highest BCUT2D eigenvalue weighted by atomic mass is 32.2. The summed E-state index contributed by atoms with van der Waals surface area (Å²) in [7, 11) is -0.968. The molecule has 2 aromatic rings. The Kier molecular flexibility index (Phi) is 5.14. The van der Waals surface area contributed by atoms with Crippen LogP contribution in [0.1, 0.15) is 35.1 Å². The molecule has 4 unspecified atom stereocenters. The highest BCUT2D eigenvalue weighted by molar-refractivity contribution is 7.84. The lowest BCUT2D eigenvalue weighted by Crippen LogP contribution is -2.33. The Labute approximate surface area is 145 Å². The molecule has 0 heterocycles. The Morgan fingerprint density at radius 3 is 2.50 bits per heavy atom. The van der Waals surface area contributed by atoms with Crippen molar-refractivity contribution in [2.45, 2.75) is 25.3 Å². The molecule has 0 aliphatic heterocycles. The molecule has 4 atom stereocenters. The lowest BCUT2D eigenvalue weighted by Gasteiger charge is -2.18. The van der Waals surface area contributed by atoms with Crippen molar-refractivity contribution in [1.82, 2.24) is 5.32 Å². The number of carbonyl (C=O) groups excluding carboxylic acids is 1. The van der Waals surface area contributed by atoms with Gasteiger partial charge in [-0.15, -0.1) is 0 Å². The second kappa shape index (κ2) is 7.31. The monoisotopic (exact) mass is 341 g/mol. The maximum atomic E-state index is 12.7. The van der Waals surface area contributed by atoms with E-state index in [1.54, 1.807) is 6.26 Å². The number of hydrogen-bond acceptors (Lipinski definition) is 2. The van der Waals surface area contributed by atoms with E-state index in [1.807, 2.05) is 42.5 Å². The van der Waals surface area contributed by atoms with Crippen LogP contribution in [-0.4, -0.2) is 22.1 Å². The smallest absolute Gasteiger partial charge is 0.224 e. The standard InChI is InChI=1S/C20H23NO2S/c1-14-8-6-7-11-16(14)17-12-18(17)20(22)21-19(13-24(2)23)15-9-4-3-5-10-15/h3-11,17-19H,12-13H2,1-2H3,(H,21,22). The van der Waals surface area contributed by atoms with Crippen LogP contribution in [0.2, 0.25) is 0 Å². The van der Waals surface area contributed by atoms with E-state index in [-0.39, 0.29) is 17.9 Å². The Morgan fingerprint density at radius 1 is 1.17 bits per heavy atom. The fourth-order valence-electron chi connectivity index (χ4n) is 3.25. The molecule has 0 aromatic heterocycles. The number of benzene rings is 2. The number of aryl methyl sites for hydroxylation is 1. The van der Waals surface area contributed by atoms with Crippen molar-refractivity contribution >= 4 is 16.7 Å². The van der Waals surface area contributed by atoms with Gasteiger partial charge >= 0.3 is 0 Å². The fourth-order valence-corrected chi connectivity index (χ4v) is 4.00. The van der Waals surface area contributed by atoms with E-state index < -0.39 is 10.8 Å². The Balaban J connectivity index is 1.69. The van der Waals surface area contributed by atoms with Crippen LogP contribution in [0.4, 0.5) is 0 Å². The van der Waals surface area contributed by atoms with Gasteiger partial charge in [0.15, 0.2) is 0 Å². The first-order valence-corrected chi connectivity index (χ1v) is 10.00. The molecule has 1 saturated carbocycles. The summed E-state index contributed by atoms with van der Waals surface area (Å²) in [5.41, 5.74) is 3.52. The Morgan fingerprint density at radius 2 is 1.83 bits per heavy atom. The third-order valence-electron chi connectivity index (χ3n) is 4.63. The number of hydrogen-bond donors (Lipinski definition) is 1. The van der Waals surface area contributed by atoms with E-state index in [9.17, 15) is 9.00 Å². The first-order valence-electron chi connectivity index (χ1n) is 8.27. The lowest BCUT2D eigenvalue weighted by molar-refractivity contribution is -0.123. The molecule has 1 N–H and O–H groups in total. The van der Waals surface area contributed by atoms with Gasteiger partial charge < -0.3 is 5.32 Å². The second-order valence-electron chi connectivity index (χ2n) is 6.52. The summed E-state index contributed by atoms with van der Waals surface area (Å²) in [6.07, 6.45) is 2.57. The summed E-state index contributed by atoms with van der Waals surface area (Å²) >= 11 is 0. The van der Waals surface area contributed by atoms with Crippen LogP contribution in [0.3, 0.4) is 0 Å². The number of rotatable bonds is 6. The first kappa shape index (κ1) is 16.9. The zero-order valence-electron chi connectivity index (χ0n) is 14.1. The zero-order chi connectivity index (χ0) is 17.1. The molecule has 3 nitrogen and oxygen atoms in total. The van der Waals surface area contributed by atoms with Crippen molar-refractivity contribution in [3.63, 3.8) is 0 Å². The topological polar surface area (TPSA) is 46.2 Å². The molecular formula is C20H23NO2S. The SMILES string of the molecule is Cc1ccccc1C1CC1C(=O)NC(CS(C)=O)c1ccccc1. The van der Waals surface area contributed by atoms with Gasteiger partial charge in [0.25, 0.3) is 0 Å². The van der Waals surface area contributed by atoms with Crippen LogP contribution in [0.15, 0.2) is 54.6 Å². The fraction of sp³-hybridized carbons (Fsp3) is 0.350. The first-order chi connectivity index (χ1) is 11.6. The van der Waals surface area contributed by atoms with E-state index in [1.165, 1.54) is 11.1 Å². The van der Waals surface area contributed by atoms with E-state index in [4.69, 9.17) is 0 Å². The van der Waals surface area contributed by atoms with Crippen molar-refractivity contribution in [2.75, 3.05) is 12.0 Å². The minimum absolute atomic E-state index is 0.0302. The number of carbonyl (C=O) groups is 1. The summed E-state index contributed by atoms with van der Waals surface area (Å²) in [4.78, 5) is 12.7. The molecule has 2 aromatic carbocycles. The van der Waals surface area contributed by atoms with E-state index in [0.29, 0.717) is 11.7 Å². The summed E-state index contributed by atoms with van der Waals surface area (Å²) in [5.74, 6) is 0.859. The van der Waals surface area contributed by atoms with Crippen molar-refractivity contribution in [3.8, 4) is 0 Å². The van der Waals surface area contributed by atoms with Crippen LogP contribution < -0.4 is 5.32 Å². The molecule has 24 heavy (non-hydrogen) atoms. The predicted octanol–water partition coefficient (Wildman–Crippen LogP) is 3.33. The summed E-state index contributed by atoms with van der Waals surface area (Å²) in [6, 6.07) is 17.9. The maximum Gasteiger partial charge on any atom is 0.224 e. The molecule has 126 valence electrons. The van der Waals surface area contributed by atoms with Gasteiger partial charge in [0, 0.05) is 28.7 Å².